The lowest BCUT2D eigenvalue weighted by molar-refractivity contribution is -0.139. The van der Waals surface area contributed by atoms with Crippen molar-refractivity contribution in [3.05, 3.63) is 35.9 Å². The number of nitrogens with one attached hydrogen (secondary N) is 2. The second-order valence-corrected chi connectivity index (χ2v) is 4.10. The van der Waals surface area contributed by atoms with Crippen molar-refractivity contribution in [2.45, 2.75) is 26.2 Å². The van der Waals surface area contributed by atoms with E-state index in [1.54, 1.807) is 0 Å². The maximum atomic E-state index is 11.3. The van der Waals surface area contributed by atoms with Crippen LogP contribution in [0.5, 0.6) is 0 Å². The van der Waals surface area contributed by atoms with E-state index in [2.05, 4.69) is 22.8 Å². The molecule has 0 atom stereocenters. The topological polar surface area (TPSA) is 58.2 Å². The first-order valence-electron chi connectivity index (χ1n) is 6.34. The van der Waals surface area contributed by atoms with Gasteiger partial charge < -0.3 is 10.6 Å². The van der Waals surface area contributed by atoms with E-state index in [4.69, 9.17) is 0 Å². The Balaban J connectivity index is 2.14. The molecule has 4 heteroatoms. The van der Waals surface area contributed by atoms with Gasteiger partial charge in [-0.05, 0) is 24.8 Å². The van der Waals surface area contributed by atoms with Crippen molar-refractivity contribution in [2.24, 2.45) is 0 Å². The summed E-state index contributed by atoms with van der Waals surface area (Å²) in [4.78, 5) is 22.6. The maximum Gasteiger partial charge on any atom is 0.309 e. The Morgan fingerprint density at radius 3 is 2.22 bits per heavy atom. The van der Waals surface area contributed by atoms with Crippen molar-refractivity contribution >= 4 is 11.8 Å². The first-order valence-corrected chi connectivity index (χ1v) is 6.34. The minimum absolute atomic E-state index is 0.521. The fourth-order valence-corrected chi connectivity index (χ4v) is 1.54. The Hall–Kier alpha value is -1.84. The minimum Gasteiger partial charge on any atom is -0.348 e. The van der Waals surface area contributed by atoms with Crippen LogP contribution in [0.4, 0.5) is 0 Å². The molecule has 18 heavy (non-hydrogen) atoms. The van der Waals surface area contributed by atoms with Crippen LogP contribution >= 0.6 is 0 Å². The summed E-state index contributed by atoms with van der Waals surface area (Å²) >= 11 is 0. The second kappa shape index (κ2) is 8.28. The molecule has 1 aromatic carbocycles. The first-order chi connectivity index (χ1) is 8.74. The van der Waals surface area contributed by atoms with Gasteiger partial charge >= 0.3 is 11.8 Å². The van der Waals surface area contributed by atoms with Crippen LogP contribution in [0, 0.1) is 0 Å². The molecule has 2 N–H and O–H groups in total. The fraction of sp³-hybridized carbons (Fsp3) is 0.429. The summed E-state index contributed by atoms with van der Waals surface area (Å²) in [5, 5.41) is 5.15. The van der Waals surface area contributed by atoms with Gasteiger partial charge in [-0.15, -0.1) is 0 Å². The molecular formula is C14H20N2O2. The lowest BCUT2D eigenvalue weighted by atomic mass is 10.1. The van der Waals surface area contributed by atoms with Gasteiger partial charge in [0.1, 0.15) is 0 Å². The molecule has 0 spiro atoms. The average Bonchev–Trinajstić information content (AvgIpc) is 2.41. The summed E-state index contributed by atoms with van der Waals surface area (Å²) in [6, 6.07) is 10.1. The molecule has 2 amide bonds. The summed E-state index contributed by atoms with van der Waals surface area (Å²) in [7, 11) is 0. The smallest absolute Gasteiger partial charge is 0.309 e. The van der Waals surface area contributed by atoms with E-state index in [-0.39, 0.29) is 0 Å². The van der Waals surface area contributed by atoms with Crippen LogP contribution < -0.4 is 10.6 Å². The van der Waals surface area contributed by atoms with Crippen molar-refractivity contribution < 1.29 is 9.59 Å². The van der Waals surface area contributed by atoms with E-state index in [1.165, 1.54) is 5.56 Å². The van der Waals surface area contributed by atoms with Gasteiger partial charge in [0.25, 0.3) is 0 Å². The number of carbonyl (C=O) groups is 2. The number of carbonyl (C=O) groups excluding carboxylic acids is 2. The quantitative estimate of drug-likeness (QED) is 0.588. The molecule has 1 aromatic rings. The molecule has 0 aliphatic heterocycles. The second-order valence-electron chi connectivity index (χ2n) is 4.10. The Morgan fingerprint density at radius 2 is 1.61 bits per heavy atom. The van der Waals surface area contributed by atoms with Gasteiger partial charge in [0.05, 0.1) is 0 Å². The zero-order valence-electron chi connectivity index (χ0n) is 10.7. The molecule has 0 aromatic heterocycles. The predicted octanol–water partition coefficient (Wildman–Crippen LogP) is 1.26. The van der Waals surface area contributed by atoms with E-state index in [9.17, 15) is 9.59 Å². The molecule has 0 bridgehead atoms. The highest BCUT2D eigenvalue weighted by Gasteiger charge is 2.10. The average molecular weight is 248 g/mol. The van der Waals surface area contributed by atoms with E-state index >= 15 is 0 Å². The maximum absolute atomic E-state index is 11.3. The fourth-order valence-electron chi connectivity index (χ4n) is 1.54. The van der Waals surface area contributed by atoms with Gasteiger partial charge in [0.15, 0.2) is 0 Å². The molecule has 0 heterocycles. The predicted molar refractivity (Wildman–Crippen MR) is 71.1 cm³/mol. The van der Waals surface area contributed by atoms with Crippen LogP contribution in [0.3, 0.4) is 0 Å². The summed E-state index contributed by atoms with van der Waals surface area (Å²) in [6.45, 7) is 3.00. The van der Waals surface area contributed by atoms with Crippen LogP contribution in [0.25, 0.3) is 0 Å². The summed E-state index contributed by atoms with van der Waals surface area (Å²) < 4.78 is 0. The lowest BCUT2D eigenvalue weighted by Gasteiger charge is -2.05. The van der Waals surface area contributed by atoms with Crippen molar-refractivity contribution in [1.82, 2.24) is 10.6 Å². The standard InChI is InChI=1S/C14H20N2O2/c1-2-10-15-13(17)14(18)16-11-6-9-12-7-4-3-5-8-12/h3-5,7-8H,2,6,9-11H2,1H3,(H,15,17)(H,16,18). The highest BCUT2D eigenvalue weighted by molar-refractivity contribution is 6.35. The van der Waals surface area contributed by atoms with E-state index in [1.807, 2.05) is 25.1 Å². The van der Waals surface area contributed by atoms with Crippen LogP contribution in [-0.2, 0) is 16.0 Å². The third-order valence-corrected chi connectivity index (χ3v) is 2.51. The first kappa shape index (κ1) is 14.2. The molecule has 0 radical (unpaired) electrons. The SMILES string of the molecule is CCCNC(=O)C(=O)NCCCc1ccccc1. The van der Waals surface area contributed by atoms with Crippen LogP contribution in [0.2, 0.25) is 0 Å². The summed E-state index contributed by atoms with van der Waals surface area (Å²) in [6.07, 6.45) is 2.56. The molecule has 98 valence electrons. The van der Waals surface area contributed by atoms with Crippen molar-refractivity contribution in [3.8, 4) is 0 Å². The van der Waals surface area contributed by atoms with Crippen molar-refractivity contribution in [1.29, 1.82) is 0 Å². The molecular weight excluding hydrogens is 228 g/mol. The Bertz CT molecular complexity index is 377. The van der Waals surface area contributed by atoms with E-state index in [0.717, 1.165) is 19.3 Å². The van der Waals surface area contributed by atoms with Gasteiger partial charge in [-0.1, -0.05) is 37.3 Å². The summed E-state index contributed by atoms with van der Waals surface area (Å²) in [5.74, 6) is -1.09. The van der Waals surface area contributed by atoms with Gasteiger partial charge in [-0.2, -0.15) is 0 Å². The molecule has 0 unspecified atom stereocenters. The molecule has 0 aliphatic carbocycles. The number of hydrogen-bond acceptors (Lipinski definition) is 2. The third kappa shape index (κ3) is 5.48. The minimum atomic E-state index is -0.545. The molecule has 0 fully saturated rings. The van der Waals surface area contributed by atoms with Gasteiger partial charge in [0.2, 0.25) is 0 Å². The molecule has 1 rings (SSSR count). The number of amides is 2. The van der Waals surface area contributed by atoms with Gasteiger partial charge in [-0.3, -0.25) is 9.59 Å². The van der Waals surface area contributed by atoms with Gasteiger partial charge in [-0.25, -0.2) is 0 Å². The normalized spacial score (nSPS) is 9.83. The van der Waals surface area contributed by atoms with E-state index in [0.29, 0.717) is 13.1 Å². The number of rotatable bonds is 6. The lowest BCUT2D eigenvalue weighted by Crippen LogP contribution is -2.40. The van der Waals surface area contributed by atoms with Gasteiger partial charge in [0, 0.05) is 13.1 Å². The number of hydrogen-bond donors (Lipinski definition) is 2. The highest BCUT2D eigenvalue weighted by Crippen LogP contribution is 2.01. The molecule has 0 aliphatic rings. The van der Waals surface area contributed by atoms with Crippen molar-refractivity contribution in [2.75, 3.05) is 13.1 Å². The highest BCUT2D eigenvalue weighted by atomic mass is 16.2. The monoisotopic (exact) mass is 248 g/mol. The third-order valence-electron chi connectivity index (χ3n) is 2.51. The molecule has 4 nitrogen and oxygen atoms in total. The van der Waals surface area contributed by atoms with E-state index < -0.39 is 11.8 Å². The molecule has 0 saturated heterocycles. The zero-order chi connectivity index (χ0) is 13.2. The number of benzene rings is 1. The Kier molecular flexibility index (Phi) is 6.54. The summed E-state index contributed by atoms with van der Waals surface area (Å²) in [5.41, 5.74) is 1.24. The van der Waals surface area contributed by atoms with Crippen LogP contribution in [-0.4, -0.2) is 24.9 Å². The Morgan fingerprint density at radius 1 is 1.00 bits per heavy atom. The van der Waals surface area contributed by atoms with Crippen molar-refractivity contribution in [3.63, 3.8) is 0 Å². The molecule has 0 saturated carbocycles. The Labute approximate surface area is 108 Å². The zero-order valence-corrected chi connectivity index (χ0v) is 10.7. The largest absolute Gasteiger partial charge is 0.348 e. The van der Waals surface area contributed by atoms with Crippen LogP contribution in [0.1, 0.15) is 25.3 Å². The number of aryl methyl sites for hydroxylation is 1. The van der Waals surface area contributed by atoms with Crippen LogP contribution in [0.15, 0.2) is 30.3 Å².